The Labute approximate surface area is 189 Å². The van der Waals surface area contributed by atoms with Crippen LogP contribution in [0.3, 0.4) is 0 Å². The van der Waals surface area contributed by atoms with Gasteiger partial charge in [0.15, 0.2) is 5.13 Å². The largest absolute Gasteiger partial charge is 0.282 e. The summed E-state index contributed by atoms with van der Waals surface area (Å²) in [5.74, 6) is 0.340. The summed E-state index contributed by atoms with van der Waals surface area (Å²) in [6.07, 6.45) is 3.04. The second kappa shape index (κ2) is 10.0. The van der Waals surface area contributed by atoms with Crippen LogP contribution in [0, 0.1) is 5.82 Å². The number of anilines is 1. The number of benzene rings is 2. The van der Waals surface area contributed by atoms with E-state index in [-0.39, 0.29) is 11.7 Å². The highest BCUT2D eigenvalue weighted by atomic mass is 32.2. The number of thioether (sulfide) groups is 1. The fourth-order valence-corrected chi connectivity index (χ4v) is 5.02. The SMILES string of the molecule is CCc1ccc2nc(N(Cc3ccccn3)C(=O)CCSc3ccc(F)cc3)sc2c1. The Hall–Kier alpha value is -2.77. The maximum atomic E-state index is 13.2. The topological polar surface area (TPSA) is 46.1 Å². The predicted molar refractivity (Wildman–Crippen MR) is 126 cm³/mol. The molecule has 2 aromatic heterocycles. The van der Waals surface area contributed by atoms with Crippen LogP contribution in [0.1, 0.15) is 24.6 Å². The second-order valence-corrected chi connectivity index (χ2v) is 9.18. The lowest BCUT2D eigenvalue weighted by Crippen LogP contribution is -2.30. The van der Waals surface area contributed by atoms with Gasteiger partial charge in [-0.3, -0.25) is 14.7 Å². The Morgan fingerprint density at radius 3 is 2.71 bits per heavy atom. The van der Waals surface area contributed by atoms with Gasteiger partial charge < -0.3 is 0 Å². The molecule has 0 saturated carbocycles. The number of hydrogen-bond acceptors (Lipinski definition) is 5. The number of pyridine rings is 1. The first-order valence-electron chi connectivity index (χ1n) is 10.1. The van der Waals surface area contributed by atoms with Crippen LogP contribution in [-0.4, -0.2) is 21.6 Å². The van der Waals surface area contributed by atoms with Crippen LogP contribution in [0.5, 0.6) is 0 Å². The van der Waals surface area contributed by atoms with Crippen LogP contribution < -0.4 is 4.90 Å². The molecule has 0 aliphatic heterocycles. The van der Waals surface area contributed by atoms with Gasteiger partial charge in [-0.1, -0.05) is 30.4 Å². The first kappa shape index (κ1) is 21.5. The van der Waals surface area contributed by atoms with E-state index in [9.17, 15) is 9.18 Å². The zero-order valence-electron chi connectivity index (χ0n) is 17.1. The van der Waals surface area contributed by atoms with Gasteiger partial charge in [-0.05, 0) is 60.5 Å². The van der Waals surface area contributed by atoms with Gasteiger partial charge in [-0.15, -0.1) is 11.8 Å². The maximum absolute atomic E-state index is 13.2. The quantitative estimate of drug-likeness (QED) is 0.303. The minimum absolute atomic E-state index is 0.00460. The van der Waals surface area contributed by atoms with Crippen LogP contribution in [0.4, 0.5) is 9.52 Å². The third-order valence-electron chi connectivity index (χ3n) is 4.83. The molecule has 0 aliphatic rings. The molecule has 0 atom stereocenters. The number of hydrogen-bond donors (Lipinski definition) is 0. The van der Waals surface area contributed by atoms with E-state index in [0.717, 1.165) is 27.2 Å². The Bertz CT molecular complexity index is 1160. The molecule has 0 radical (unpaired) electrons. The van der Waals surface area contributed by atoms with Gasteiger partial charge >= 0.3 is 0 Å². The van der Waals surface area contributed by atoms with E-state index in [1.807, 2.05) is 24.3 Å². The van der Waals surface area contributed by atoms with Crippen molar-refractivity contribution in [2.24, 2.45) is 0 Å². The van der Waals surface area contributed by atoms with Crippen LogP contribution in [-0.2, 0) is 17.8 Å². The number of carbonyl (C=O) groups is 1. The lowest BCUT2D eigenvalue weighted by molar-refractivity contribution is -0.118. The molecule has 0 spiro atoms. The first-order valence-corrected chi connectivity index (χ1v) is 11.9. The number of aromatic nitrogens is 2. The van der Waals surface area contributed by atoms with Crippen molar-refractivity contribution in [1.29, 1.82) is 0 Å². The molecule has 0 aliphatic carbocycles. The molecular weight excluding hydrogens is 429 g/mol. The molecule has 4 aromatic rings. The minimum atomic E-state index is -0.260. The molecule has 0 bridgehead atoms. The number of carbonyl (C=O) groups excluding carboxylic acids is 1. The zero-order chi connectivity index (χ0) is 21.6. The number of halogens is 1. The first-order chi connectivity index (χ1) is 15.1. The van der Waals surface area contributed by atoms with Gasteiger partial charge in [0.05, 0.1) is 22.5 Å². The van der Waals surface area contributed by atoms with Crippen LogP contribution in [0.2, 0.25) is 0 Å². The van der Waals surface area contributed by atoms with E-state index in [1.54, 1.807) is 23.2 Å². The molecule has 158 valence electrons. The molecule has 1 amide bonds. The van der Waals surface area contributed by atoms with E-state index in [0.29, 0.717) is 23.8 Å². The summed E-state index contributed by atoms with van der Waals surface area (Å²) in [7, 11) is 0. The molecule has 0 fully saturated rings. The normalized spacial score (nSPS) is 11.0. The number of rotatable bonds is 8. The average molecular weight is 452 g/mol. The molecule has 4 rings (SSSR count). The van der Waals surface area contributed by atoms with Crippen molar-refractivity contribution in [2.45, 2.75) is 31.2 Å². The molecular formula is C24H22FN3OS2. The van der Waals surface area contributed by atoms with Crippen molar-refractivity contribution in [3.05, 3.63) is 83.9 Å². The van der Waals surface area contributed by atoms with Gasteiger partial charge in [0.2, 0.25) is 5.91 Å². The zero-order valence-corrected chi connectivity index (χ0v) is 18.8. The minimum Gasteiger partial charge on any atom is -0.282 e. The summed E-state index contributed by atoms with van der Waals surface area (Å²) < 4.78 is 14.2. The molecule has 2 heterocycles. The molecule has 31 heavy (non-hydrogen) atoms. The Morgan fingerprint density at radius 2 is 1.97 bits per heavy atom. The fourth-order valence-electron chi connectivity index (χ4n) is 3.13. The third-order valence-corrected chi connectivity index (χ3v) is 6.88. The standard InChI is InChI=1S/C24H22FN3OS2/c1-2-17-6-11-21-22(15-17)31-24(27-21)28(16-19-5-3-4-13-26-19)23(29)12-14-30-20-9-7-18(25)8-10-20/h3-11,13,15H,2,12,14,16H2,1H3. The highest BCUT2D eigenvalue weighted by molar-refractivity contribution is 7.99. The molecule has 0 saturated heterocycles. The summed E-state index contributed by atoms with van der Waals surface area (Å²) in [5, 5.41) is 0.686. The summed E-state index contributed by atoms with van der Waals surface area (Å²) >= 11 is 3.07. The van der Waals surface area contributed by atoms with E-state index in [2.05, 4.69) is 24.0 Å². The van der Waals surface area contributed by atoms with Crippen molar-refractivity contribution >= 4 is 44.4 Å². The molecule has 4 nitrogen and oxygen atoms in total. The van der Waals surface area contributed by atoms with Crippen LogP contribution >= 0.6 is 23.1 Å². The monoisotopic (exact) mass is 451 g/mol. The number of amides is 1. The second-order valence-electron chi connectivity index (χ2n) is 7.01. The maximum Gasteiger partial charge on any atom is 0.229 e. The van der Waals surface area contributed by atoms with Crippen molar-refractivity contribution in [3.8, 4) is 0 Å². The Kier molecular flexibility index (Phi) is 6.94. The van der Waals surface area contributed by atoms with Gasteiger partial charge in [-0.25, -0.2) is 9.37 Å². The lowest BCUT2D eigenvalue weighted by Gasteiger charge is -2.19. The third kappa shape index (κ3) is 5.48. The van der Waals surface area contributed by atoms with Crippen molar-refractivity contribution in [3.63, 3.8) is 0 Å². The Balaban J connectivity index is 1.53. The average Bonchev–Trinajstić information content (AvgIpc) is 3.22. The van der Waals surface area contributed by atoms with Crippen molar-refractivity contribution < 1.29 is 9.18 Å². The van der Waals surface area contributed by atoms with E-state index < -0.39 is 0 Å². The molecule has 0 N–H and O–H groups in total. The summed E-state index contributed by atoms with van der Waals surface area (Å²) in [4.78, 5) is 25.0. The fraction of sp³-hybridized carbons (Fsp3) is 0.208. The van der Waals surface area contributed by atoms with Crippen molar-refractivity contribution in [2.75, 3.05) is 10.7 Å². The van der Waals surface area contributed by atoms with Gasteiger partial charge in [0.1, 0.15) is 5.82 Å². The van der Waals surface area contributed by atoms with E-state index in [4.69, 9.17) is 4.98 Å². The molecule has 2 aromatic carbocycles. The van der Waals surface area contributed by atoms with Crippen LogP contribution in [0.25, 0.3) is 10.2 Å². The van der Waals surface area contributed by atoms with Crippen LogP contribution in [0.15, 0.2) is 71.8 Å². The number of thiazole rings is 1. The Morgan fingerprint density at radius 1 is 1.13 bits per heavy atom. The predicted octanol–water partition coefficient (Wildman–Crippen LogP) is 6.11. The van der Waals surface area contributed by atoms with Gasteiger partial charge in [-0.2, -0.15) is 0 Å². The van der Waals surface area contributed by atoms with Gasteiger partial charge in [0.25, 0.3) is 0 Å². The summed E-state index contributed by atoms with van der Waals surface area (Å²) in [6, 6.07) is 18.3. The smallest absolute Gasteiger partial charge is 0.229 e. The van der Waals surface area contributed by atoms with Crippen molar-refractivity contribution in [1.82, 2.24) is 9.97 Å². The van der Waals surface area contributed by atoms with Gasteiger partial charge in [0, 0.05) is 23.3 Å². The number of aryl methyl sites for hydroxylation is 1. The summed E-state index contributed by atoms with van der Waals surface area (Å²) in [5.41, 5.74) is 2.97. The molecule has 7 heteroatoms. The highest BCUT2D eigenvalue weighted by Gasteiger charge is 2.20. The summed E-state index contributed by atoms with van der Waals surface area (Å²) in [6.45, 7) is 2.50. The van der Waals surface area contributed by atoms with E-state index in [1.165, 1.54) is 40.8 Å². The molecule has 0 unspecified atom stereocenters. The lowest BCUT2D eigenvalue weighted by atomic mass is 10.2. The number of nitrogens with zero attached hydrogens (tertiary/aromatic N) is 3. The van der Waals surface area contributed by atoms with E-state index >= 15 is 0 Å². The highest BCUT2D eigenvalue weighted by Crippen LogP contribution is 2.31. The number of fused-ring (bicyclic) bond motifs is 1.